The normalized spacial score (nSPS) is 18.3. The lowest BCUT2D eigenvalue weighted by molar-refractivity contribution is -0.152. The van der Waals surface area contributed by atoms with E-state index < -0.39 is 38.5 Å². The molecule has 3 amide bonds. The monoisotopic (exact) mass is 1030 g/mol. The van der Waals surface area contributed by atoms with E-state index in [0.717, 1.165) is 28.7 Å². The van der Waals surface area contributed by atoms with E-state index in [4.69, 9.17) is 18.6 Å². The van der Waals surface area contributed by atoms with Crippen LogP contribution in [-0.2, 0) is 59.1 Å². The minimum Gasteiger partial charge on any atom is -0.489 e. The van der Waals surface area contributed by atoms with Crippen LogP contribution < -0.4 is 25.7 Å². The van der Waals surface area contributed by atoms with Crippen molar-refractivity contribution in [2.45, 2.75) is 128 Å². The maximum absolute atomic E-state index is 15.5. The number of nitrogens with zero attached hydrogens (tertiary/aromatic N) is 1. The number of likely N-dealkylation sites (tertiary alicyclic amines) is 1. The summed E-state index contributed by atoms with van der Waals surface area (Å²) in [5.74, 6) is -0.714. The third kappa shape index (κ3) is 14.3. The zero-order valence-corrected chi connectivity index (χ0v) is 44.9. The molecule has 0 aromatic heterocycles. The largest absolute Gasteiger partial charge is 0.489 e. The maximum atomic E-state index is 15.5. The van der Waals surface area contributed by atoms with E-state index in [9.17, 15) is 14.4 Å². The summed E-state index contributed by atoms with van der Waals surface area (Å²) in [6.45, 7) is 9.70. The van der Waals surface area contributed by atoms with Crippen LogP contribution in [0.2, 0.25) is 5.04 Å². The van der Waals surface area contributed by atoms with E-state index in [1.54, 1.807) is 4.90 Å². The Bertz CT molecular complexity index is 2700. The second-order valence-corrected chi connectivity index (χ2v) is 25.3. The zero-order chi connectivity index (χ0) is 52.6. The molecule has 2 N–H and O–H groups in total. The predicted octanol–water partition coefficient (Wildman–Crippen LogP) is 9.30. The molecule has 2 aliphatic rings. The van der Waals surface area contributed by atoms with Crippen LogP contribution in [0.1, 0.15) is 88.5 Å². The van der Waals surface area contributed by atoms with Crippen molar-refractivity contribution in [1.29, 1.82) is 0 Å². The molecule has 1 saturated carbocycles. The van der Waals surface area contributed by atoms with Gasteiger partial charge in [0.2, 0.25) is 17.7 Å². The highest BCUT2D eigenvalue weighted by atomic mass is 28.4. The van der Waals surface area contributed by atoms with E-state index in [1.807, 2.05) is 127 Å². The van der Waals surface area contributed by atoms with Gasteiger partial charge in [-0.05, 0) is 87.8 Å². The fourth-order valence-corrected chi connectivity index (χ4v) is 15.6. The molecular formula is C63H73N3O8Si. The van der Waals surface area contributed by atoms with Crippen molar-refractivity contribution in [3.05, 3.63) is 198 Å². The van der Waals surface area contributed by atoms with Gasteiger partial charge in [-0.2, -0.15) is 0 Å². The molecule has 6 aromatic rings. The molecule has 1 aliphatic heterocycles. The zero-order valence-electron chi connectivity index (χ0n) is 43.9. The fraction of sp³-hybridized carbons (Fsp3) is 0.365. The number of unbranched alkanes of at least 4 members (excludes halogenated alkanes) is 1. The molecule has 11 nitrogen and oxygen atoms in total. The van der Waals surface area contributed by atoms with Crippen LogP contribution in [0.15, 0.2) is 176 Å². The lowest BCUT2D eigenvalue weighted by Crippen LogP contribution is -2.66. The number of hydrogen-bond donors (Lipinski definition) is 2. The molecule has 392 valence electrons. The standard InChI is InChI=1S/C63H73N3O8Si/c1-46(67)74-53-37-34-51-42-58(60(68)64-38-20-21-39-73-75(63(2,3)4,54-28-16-8-17-29-54)55-30-18-9-19-31-55)66(57(51)43-53)62(70)56(40-47-22-10-5-11-23-47)65-61(69)59(72-45-50-26-14-7-15-27-50)41-48-32-35-52(36-33-48)71-44-49-24-12-6-13-25-49/h5-19,22-33,35-36,51,53,56-59H,20-21,34,37-45H2,1-4H3,(H,64,68)(H,65,69)/t51-,53+,56-,57-,58-,59-/m0/s1. The minimum absolute atomic E-state index is 0.00559. The minimum atomic E-state index is -2.73. The highest BCUT2D eigenvalue weighted by Crippen LogP contribution is 2.42. The van der Waals surface area contributed by atoms with E-state index in [-0.39, 0.29) is 54.2 Å². The summed E-state index contributed by atoms with van der Waals surface area (Å²) in [5.41, 5.74) is 3.66. The van der Waals surface area contributed by atoms with Crippen molar-refractivity contribution in [1.82, 2.24) is 15.5 Å². The Balaban J connectivity index is 0.995. The molecule has 75 heavy (non-hydrogen) atoms. The molecule has 12 heteroatoms. The van der Waals surface area contributed by atoms with Crippen LogP contribution in [0, 0.1) is 5.92 Å². The van der Waals surface area contributed by atoms with Crippen LogP contribution in [0.4, 0.5) is 0 Å². The molecule has 6 atom stereocenters. The lowest BCUT2D eigenvalue weighted by Gasteiger charge is -2.43. The second kappa shape index (κ2) is 26.1. The number of benzene rings is 6. The molecule has 0 unspecified atom stereocenters. The van der Waals surface area contributed by atoms with Gasteiger partial charge < -0.3 is 34.2 Å². The van der Waals surface area contributed by atoms with E-state index in [2.05, 4.69) is 79.9 Å². The first-order valence-electron chi connectivity index (χ1n) is 26.7. The number of carbonyl (C=O) groups excluding carboxylic acids is 4. The van der Waals surface area contributed by atoms with Crippen LogP contribution in [0.5, 0.6) is 5.75 Å². The van der Waals surface area contributed by atoms with E-state index in [0.29, 0.717) is 57.6 Å². The van der Waals surface area contributed by atoms with Gasteiger partial charge in [0.25, 0.3) is 8.32 Å². The SMILES string of the molecule is CC(=O)O[C@@H]1CC[C@H]2C[C@@H](C(=O)NCCCCO[Si](c3ccccc3)(c3ccccc3)C(C)(C)C)N(C(=O)[C@H](Cc3ccccc3)NC(=O)[C@H](Cc3ccc(OCc4ccccc4)cc3)OCc3ccccc3)[C@H]2C1. The van der Waals surface area contributed by atoms with E-state index in [1.165, 1.54) is 17.3 Å². The summed E-state index contributed by atoms with van der Waals surface area (Å²) < 4.78 is 25.4. The van der Waals surface area contributed by atoms with Gasteiger partial charge in [0.15, 0.2) is 0 Å². The predicted molar refractivity (Wildman–Crippen MR) is 296 cm³/mol. The maximum Gasteiger partial charge on any atom is 0.302 e. The van der Waals surface area contributed by atoms with Gasteiger partial charge in [-0.15, -0.1) is 0 Å². The van der Waals surface area contributed by atoms with Crippen molar-refractivity contribution in [3.63, 3.8) is 0 Å². The van der Waals surface area contributed by atoms with Gasteiger partial charge in [0.05, 0.1) is 6.61 Å². The molecule has 0 radical (unpaired) electrons. The Hall–Kier alpha value is -6.86. The van der Waals surface area contributed by atoms with Crippen molar-refractivity contribution in [3.8, 4) is 5.75 Å². The number of rotatable bonds is 23. The van der Waals surface area contributed by atoms with Crippen LogP contribution >= 0.6 is 0 Å². The van der Waals surface area contributed by atoms with Gasteiger partial charge in [0.1, 0.15) is 36.6 Å². The van der Waals surface area contributed by atoms with Crippen LogP contribution in [0.25, 0.3) is 0 Å². The number of amides is 3. The molecule has 1 aliphatic carbocycles. The Morgan fingerprint density at radius 1 is 0.640 bits per heavy atom. The van der Waals surface area contributed by atoms with Crippen molar-refractivity contribution in [2.24, 2.45) is 5.92 Å². The third-order valence-electron chi connectivity index (χ3n) is 14.7. The highest BCUT2D eigenvalue weighted by molar-refractivity contribution is 6.99. The number of ether oxygens (including phenoxy) is 3. The van der Waals surface area contributed by atoms with E-state index >= 15 is 4.79 Å². The van der Waals surface area contributed by atoms with Crippen LogP contribution in [0.3, 0.4) is 0 Å². The summed E-state index contributed by atoms with van der Waals surface area (Å²) >= 11 is 0. The number of carbonyl (C=O) groups is 4. The molecule has 0 spiro atoms. The third-order valence-corrected chi connectivity index (χ3v) is 19.7. The average Bonchev–Trinajstić information content (AvgIpc) is 3.83. The lowest BCUT2D eigenvalue weighted by atomic mass is 9.83. The molecule has 1 saturated heterocycles. The van der Waals surface area contributed by atoms with Gasteiger partial charge in [-0.3, -0.25) is 19.2 Å². The Morgan fingerprint density at radius 3 is 1.76 bits per heavy atom. The average molecular weight is 1030 g/mol. The molecule has 0 bridgehead atoms. The number of nitrogens with one attached hydrogen (secondary N) is 2. The summed E-state index contributed by atoms with van der Waals surface area (Å²) in [7, 11) is -2.73. The highest BCUT2D eigenvalue weighted by Gasteiger charge is 2.52. The molecular weight excluding hydrogens is 955 g/mol. The smallest absolute Gasteiger partial charge is 0.302 e. The molecule has 6 aromatic carbocycles. The summed E-state index contributed by atoms with van der Waals surface area (Å²) in [5, 5.41) is 8.63. The van der Waals surface area contributed by atoms with Crippen molar-refractivity contribution < 1.29 is 37.8 Å². The quantitative estimate of drug-likeness (QED) is 0.0369. The Morgan fingerprint density at radius 2 is 1.19 bits per heavy atom. The number of fused-ring (bicyclic) bond motifs is 1. The van der Waals surface area contributed by atoms with Gasteiger partial charge in [0, 0.05) is 45.4 Å². The van der Waals surface area contributed by atoms with Gasteiger partial charge in [-0.25, -0.2) is 0 Å². The first-order chi connectivity index (χ1) is 36.4. The number of esters is 1. The fourth-order valence-electron chi connectivity index (χ4n) is 11.0. The van der Waals surface area contributed by atoms with Crippen molar-refractivity contribution in [2.75, 3.05) is 13.2 Å². The summed E-state index contributed by atoms with van der Waals surface area (Å²) in [6.07, 6.45) is 2.65. The first-order valence-corrected chi connectivity index (χ1v) is 28.6. The topological polar surface area (TPSA) is 132 Å². The second-order valence-electron chi connectivity index (χ2n) is 21.0. The number of hydrogen-bond acceptors (Lipinski definition) is 8. The molecule has 1 heterocycles. The molecule has 2 fully saturated rings. The summed E-state index contributed by atoms with van der Waals surface area (Å²) in [6, 6.07) is 55.8. The van der Waals surface area contributed by atoms with Crippen molar-refractivity contribution >= 4 is 42.4 Å². The first kappa shape index (κ1) is 54.4. The summed E-state index contributed by atoms with van der Waals surface area (Å²) in [4.78, 5) is 58.9. The molecule has 8 rings (SSSR count). The van der Waals surface area contributed by atoms with Crippen LogP contribution in [-0.4, -0.2) is 80.4 Å². The Labute approximate surface area is 444 Å². The van der Waals surface area contributed by atoms with Gasteiger partial charge >= 0.3 is 5.97 Å². The Kier molecular flexibility index (Phi) is 18.9. The van der Waals surface area contributed by atoms with Gasteiger partial charge in [-0.1, -0.05) is 185 Å².